The SMILES string of the molecule is Clc1ccc(-c2nc(C3COCCN3)no2)nc1. The van der Waals surface area contributed by atoms with Gasteiger partial charge < -0.3 is 14.6 Å². The molecule has 1 atom stereocenters. The molecule has 1 aliphatic heterocycles. The molecule has 0 bridgehead atoms. The second-order valence-electron chi connectivity index (χ2n) is 3.90. The van der Waals surface area contributed by atoms with Crippen molar-refractivity contribution in [3.63, 3.8) is 0 Å². The number of pyridine rings is 1. The third-order valence-electron chi connectivity index (χ3n) is 2.62. The first-order valence-corrected chi connectivity index (χ1v) is 5.97. The van der Waals surface area contributed by atoms with Gasteiger partial charge in [-0.25, -0.2) is 4.98 Å². The summed E-state index contributed by atoms with van der Waals surface area (Å²) in [7, 11) is 0. The highest BCUT2D eigenvalue weighted by atomic mass is 35.5. The molecule has 1 saturated heterocycles. The molecular weight excluding hydrogens is 256 g/mol. The van der Waals surface area contributed by atoms with E-state index in [1.54, 1.807) is 18.3 Å². The fourth-order valence-electron chi connectivity index (χ4n) is 1.71. The summed E-state index contributed by atoms with van der Waals surface area (Å²) < 4.78 is 10.5. The first-order chi connectivity index (χ1) is 8.83. The fraction of sp³-hybridized carbons (Fsp3) is 0.364. The summed E-state index contributed by atoms with van der Waals surface area (Å²) >= 11 is 5.77. The van der Waals surface area contributed by atoms with Crippen LogP contribution in [0.4, 0.5) is 0 Å². The molecule has 1 N–H and O–H groups in total. The van der Waals surface area contributed by atoms with Crippen molar-refractivity contribution in [2.45, 2.75) is 6.04 Å². The number of hydrogen-bond donors (Lipinski definition) is 1. The molecule has 3 heterocycles. The molecule has 0 radical (unpaired) electrons. The third kappa shape index (κ3) is 2.35. The van der Waals surface area contributed by atoms with Crippen LogP contribution in [0.15, 0.2) is 22.9 Å². The lowest BCUT2D eigenvalue weighted by Crippen LogP contribution is -2.35. The molecule has 94 valence electrons. The molecule has 18 heavy (non-hydrogen) atoms. The molecule has 1 fully saturated rings. The number of rotatable bonds is 2. The van der Waals surface area contributed by atoms with Gasteiger partial charge in [-0.3, -0.25) is 0 Å². The van der Waals surface area contributed by atoms with E-state index in [-0.39, 0.29) is 6.04 Å². The van der Waals surface area contributed by atoms with Crippen LogP contribution in [-0.2, 0) is 4.74 Å². The molecule has 0 aliphatic carbocycles. The highest BCUT2D eigenvalue weighted by Crippen LogP contribution is 2.19. The van der Waals surface area contributed by atoms with Crippen LogP contribution >= 0.6 is 11.6 Å². The molecule has 0 aromatic carbocycles. The summed E-state index contributed by atoms with van der Waals surface area (Å²) in [5, 5.41) is 7.77. The standard InChI is InChI=1S/C11H11ClN4O2/c12-7-1-2-8(14-5-7)11-15-10(16-18-11)9-6-17-4-3-13-9/h1-2,5,9,13H,3-4,6H2. The van der Waals surface area contributed by atoms with Gasteiger partial charge in [-0.2, -0.15) is 4.98 Å². The lowest BCUT2D eigenvalue weighted by molar-refractivity contribution is 0.0734. The van der Waals surface area contributed by atoms with Crippen molar-refractivity contribution >= 4 is 11.6 Å². The predicted molar refractivity (Wildman–Crippen MR) is 64.1 cm³/mol. The zero-order valence-electron chi connectivity index (χ0n) is 9.47. The van der Waals surface area contributed by atoms with Crippen molar-refractivity contribution in [2.24, 2.45) is 0 Å². The lowest BCUT2D eigenvalue weighted by Gasteiger charge is -2.20. The Kier molecular flexibility index (Phi) is 3.22. The summed E-state index contributed by atoms with van der Waals surface area (Å²) in [5.41, 5.74) is 0.606. The van der Waals surface area contributed by atoms with E-state index in [9.17, 15) is 0 Å². The Balaban J connectivity index is 1.82. The minimum Gasteiger partial charge on any atom is -0.378 e. The Labute approximate surface area is 108 Å². The lowest BCUT2D eigenvalue weighted by atomic mass is 10.2. The van der Waals surface area contributed by atoms with Gasteiger partial charge in [0.2, 0.25) is 0 Å². The van der Waals surface area contributed by atoms with Gasteiger partial charge in [0.25, 0.3) is 5.89 Å². The predicted octanol–water partition coefficient (Wildman–Crippen LogP) is 1.45. The summed E-state index contributed by atoms with van der Waals surface area (Å²) in [6.07, 6.45) is 1.54. The van der Waals surface area contributed by atoms with Gasteiger partial charge in [0.1, 0.15) is 5.69 Å². The van der Waals surface area contributed by atoms with E-state index in [0.29, 0.717) is 35.6 Å². The van der Waals surface area contributed by atoms with Crippen LogP contribution < -0.4 is 5.32 Å². The number of nitrogens with zero attached hydrogens (tertiary/aromatic N) is 3. The van der Waals surface area contributed by atoms with Gasteiger partial charge in [0.15, 0.2) is 5.82 Å². The smallest absolute Gasteiger partial charge is 0.276 e. The number of hydrogen-bond acceptors (Lipinski definition) is 6. The average molecular weight is 267 g/mol. The van der Waals surface area contributed by atoms with E-state index in [2.05, 4.69) is 20.4 Å². The van der Waals surface area contributed by atoms with Gasteiger partial charge in [-0.1, -0.05) is 16.8 Å². The summed E-state index contributed by atoms with van der Waals surface area (Å²) in [6, 6.07) is 3.45. The van der Waals surface area contributed by atoms with Crippen molar-refractivity contribution in [3.8, 4) is 11.6 Å². The molecule has 2 aromatic heterocycles. The van der Waals surface area contributed by atoms with Gasteiger partial charge in [0, 0.05) is 12.7 Å². The first-order valence-electron chi connectivity index (χ1n) is 5.59. The Hall–Kier alpha value is -1.50. The largest absolute Gasteiger partial charge is 0.378 e. The third-order valence-corrected chi connectivity index (χ3v) is 2.85. The van der Waals surface area contributed by atoms with Crippen LogP contribution in [0.25, 0.3) is 11.6 Å². The van der Waals surface area contributed by atoms with Crippen LogP contribution in [0, 0.1) is 0 Å². The maximum Gasteiger partial charge on any atom is 0.276 e. The molecule has 0 amide bonds. The Morgan fingerprint density at radius 1 is 1.39 bits per heavy atom. The highest BCUT2D eigenvalue weighted by molar-refractivity contribution is 6.30. The maximum absolute atomic E-state index is 5.77. The average Bonchev–Trinajstić information content (AvgIpc) is 2.90. The number of morpholine rings is 1. The van der Waals surface area contributed by atoms with E-state index in [0.717, 1.165) is 6.54 Å². The van der Waals surface area contributed by atoms with Gasteiger partial charge in [-0.05, 0) is 12.1 Å². The zero-order chi connectivity index (χ0) is 12.4. The first kappa shape index (κ1) is 11.6. The second kappa shape index (κ2) is 5.01. The summed E-state index contributed by atoms with van der Waals surface area (Å²) in [6.45, 7) is 2.04. The van der Waals surface area contributed by atoms with Gasteiger partial charge in [-0.15, -0.1) is 0 Å². The molecule has 1 unspecified atom stereocenters. The number of ether oxygens (including phenoxy) is 1. The topological polar surface area (TPSA) is 73.1 Å². The highest BCUT2D eigenvalue weighted by Gasteiger charge is 2.21. The van der Waals surface area contributed by atoms with Crippen LogP contribution in [0.2, 0.25) is 5.02 Å². The zero-order valence-corrected chi connectivity index (χ0v) is 10.2. The Morgan fingerprint density at radius 2 is 2.33 bits per heavy atom. The fourth-order valence-corrected chi connectivity index (χ4v) is 1.83. The van der Waals surface area contributed by atoms with Crippen LogP contribution in [-0.4, -0.2) is 34.9 Å². The molecule has 6 nitrogen and oxygen atoms in total. The number of halogens is 1. The van der Waals surface area contributed by atoms with Gasteiger partial charge >= 0.3 is 0 Å². The van der Waals surface area contributed by atoms with Crippen molar-refractivity contribution in [2.75, 3.05) is 19.8 Å². The van der Waals surface area contributed by atoms with Crippen LogP contribution in [0.1, 0.15) is 11.9 Å². The van der Waals surface area contributed by atoms with E-state index >= 15 is 0 Å². The minimum absolute atomic E-state index is 0.0245. The van der Waals surface area contributed by atoms with E-state index in [1.807, 2.05) is 0 Å². The van der Waals surface area contributed by atoms with Crippen molar-refractivity contribution in [1.82, 2.24) is 20.4 Å². The van der Waals surface area contributed by atoms with Crippen LogP contribution in [0.3, 0.4) is 0 Å². The van der Waals surface area contributed by atoms with E-state index in [4.69, 9.17) is 20.9 Å². The minimum atomic E-state index is -0.0245. The molecule has 3 rings (SSSR count). The molecular formula is C11H11ClN4O2. The molecule has 0 spiro atoms. The molecule has 0 saturated carbocycles. The quantitative estimate of drug-likeness (QED) is 0.887. The Morgan fingerprint density at radius 3 is 3.06 bits per heavy atom. The van der Waals surface area contributed by atoms with Crippen molar-refractivity contribution in [3.05, 3.63) is 29.2 Å². The van der Waals surface area contributed by atoms with Gasteiger partial charge in [0.05, 0.1) is 24.3 Å². The van der Waals surface area contributed by atoms with Crippen molar-refractivity contribution in [1.29, 1.82) is 0 Å². The number of nitrogens with one attached hydrogen (secondary N) is 1. The normalized spacial score (nSPS) is 19.9. The molecule has 7 heteroatoms. The number of aromatic nitrogens is 3. The monoisotopic (exact) mass is 266 g/mol. The Bertz CT molecular complexity index is 522. The molecule has 2 aromatic rings. The summed E-state index contributed by atoms with van der Waals surface area (Å²) in [5.74, 6) is 0.968. The maximum atomic E-state index is 5.77. The van der Waals surface area contributed by atoms with E-state index in [1.165, 1.54) is 0 Å². The van der Waals surface area contributed by atoms with E-state index < -0.39 is 0 Å². The van der Waals surface area contributed by atoms with Crippen LogP contribution in [0.5, 0.6) is 0 Å². The molecule has 1 aliphatic rings. The second-order valence-corrected chi connectivity index (χ2v) is 4.34. The van der Waals surface area contributed by atoms with Crippen molar-refractivity contribution < 1.29 is 9.26 Å². The summed E-state index contributed by atoms with van der Waals surface area (Å²) in [4.78, 5) is 8.44.